The quantitative estimate of drug-likeness (QED) is 0.687. The van der Waals surface area contributed by atoms with Crippen LogP contribution in [0.5, 0.6) is 0 Å². The maximum absolute atomic E-state index is 13.2. The highest BCUT2D eigenvalue weighted by Crippen LogP contribution is 2.25. The van der Waals surface area contributed by atoms with Gasteiger partial charge >= 0.3 is 0 Å². The van der Waals surface area contributed by atoms with E-state index >= 15 is 0 Å². The van der Waals surface area contributed by atoms with Crippen LogP contribution in [0, 0.1) is 5.82 Å². The van der Waals surface area contributed by atoms with Crippen molar-refractivity contribution in [2.75, 3.05) is 36.9 Å². The molecule has 0 spiro atoms. The highest BCUT2D eigenvalue weighted by molar-refractivity contribution is 5.68. The third-order valence-electron chi connectivity index (χ3n) is 2.38. The number of halogens is 1. The van der Waals surface area contributed by atoms with E-state index in [9.17, 15) is 4.39 Å². The molecule has 1 heterocycles. The average Bonchev–Trinajstić information content (AvgIpc) is 2.23. The highest BCUT2D eigenvalue weighted by atomic mass is 19.1. The van der Waals surface area contributed by atoms with Crippen molar-refractivity contribution in [3.05, 3.63) is 24.0 Å². The van der Waals surface area contributed by atoms with Gasteiger partial charge < -0.3 is 15.4 Å². The van der Waals surface area contributed by atoms with Gasteiger partial charge in [-0.15, -0.1) is 0 Å². The largest absolute Gasteiger partial charge is 0.395 e. The zero-order valence-electron chi connectivity index (χ0n) is 7.87. The second-order valence-corrected chi connectivity index (χ2v) is 3.27. The van der Waals surface area contributed by atoms with E-state index < -0.39 is 0 Å². The molecule has 1 aromatic rings. The lowest BCUT2D eigenvalue weighted by Crippen LogP contribution is -2.36. The smallest absolute Gasteiger partial charge is 0.148 e. The van der Waals surface area contributed by atoms with Gasteiger partial charge in [-0.1, -0.05) is 6.07 Å². The Balaban J connectivity index is 2.26. The zero-order valence-corrected chi connectivity index (χ0v) is 7.87. The number of morpholine rings is 1. The molecule has 1 saturated heterocycles. The third kappa shape index (κ3) is 1.65. The summed E-state index contributed by atoms with van der Waals surface area (Å²) in [5.41, 5.74) is 6.66. The van der Waals surface area contributed by atoms with Crippen LogP contribution in [0.1, 0.15) is 0 Å². The molecule has 0 unspecified atom stereocenters. The highest BCUT2D eigenvalue weighted by Gasteiger charge is 2.14. The van der Waals surface area contributed by atoms with Gasteiger partial charge in [0.05, 0.1) is 24.6 Å². The van der Waals surface area contributed by atoms with Crippen LogP contribution in [0.2, 0.25) is 0 Å². The number of hydrogen-bond donors (Lipinski definition) is 1. The number of para-hydroxylation sites is 1. The van der Waals surface area contributed by atoms with Crippen LogP contribution in [-0.2, 0) is 4.74 Å². The van der Waals surface area contributed by atoms with Crippen LogP contribution in [0.4, 0.5) is 15.8 Å². The first kappa shape index (κ1) is 9.27. The van der Waals surface area contributed by atoms with E-state index in [2.05, 4.69) is 0 Å². The lowest BCUT2D eigenvalue weighted by atomic mass is 10.2. The second kappa shape index (κ2) is 3.84. The summed E-state index contributed by atoms with van der Waals surface area (Å²) in [6.45, 7) is 2.90. The molecule has 0 bridgehead atoms. The molecule has 0 amide bonds. The maximum Gasteiger partial charge on any atom is 0.148 e. The Morgan fingerprint density at radius 3 is 2.71 bits per heavy atom. The summed E-state index contributed by atoms with van der Waals surface area (Å²) in [5, 5.41) is 0. The molecular formula is C10H13FN2O. The van der Waals surface area contributed by atoms with Gasteiger partial charge in [-0.2, -0.15) is 0 Å². The van der Waals surface area contributed by atoms with Crippen molar-refractivity contribution in [3.63, 3.8) is 0 Å². The van der Waals surface area contributed by atoms with Crippen molar-refractivity contribution >= 4 is 11.4 Å². The molecule has 76 valence electrons. The topological polar surface area (TPSA) is 38.5 Å². The summed E-state index contributed by atoms with van der Waals surface area (Å²) in [7, 11) is 0. The molecule has 2 N–H and O–H groups in total. The first-order valence-electron chi connectivity index (χ1n) is 4.66. The molecular weight excluding hydrogens is 183 g/mol. The average molecular weight is 196 g/mol. The number of rotatable bonds is 1. The molecule has 0 aliphatic carbocycles. The minimum Gasteiger partial charge on any atom is -0.395 e. The van der Waals surface area contributed by atoms with Crippen LogP contribution < -0.4 is 10.6 Å². The fourth-order valence-electron chi connectivity index (χ4n) is 1.61. The molecule has 1 aromatic carbocycles. The number of nitrogens with zero attached hydrogens (tertiary/aromatic N) is 1. The van der Waals surface area contributed by atoms with Gasteiger partial charge in [-0.25, -0.2) is 4.39 Å². The summed E-state index contributed by atoms with van der Waals surface area (Å²) >= 11 is 0. The Morgan fingerprint density at radius 1 is 1.29 bits per heavy atom. The van der Waals surface area contributed by atoms with Gasteiger partial charge in [0.1, 0.15) is 5.82 Å². The van der Waals surface area contributed by atoms with E-state index in [0.29, 0.717) is 13.2 Å². The van der Waals surface area contributed by atoms with E-state index in [1.165, 1.54) is 6.07 Å². The van der Waals surface area contributed by atoms with Crippen molar-refractivity contribution in [2.45, 2.75) is 0 Å². The van der Waals surface area contributed by atoms with Crippen LogP contribution in [-0.4, -0.2) is 26.3 Å². The number of anilines is 2. The third-order valence-corrected chi connectivity index (χ3v) is 2.38. The summed E-state index contributed by atoms with van der Waals surface area (Å²) in [6.07, 6.45) is 0. The molecule has 3 nitrogen and oxygen atoms in total. The van der Waals surface area contributed by atoms with Crippen molar-refractivity contribution < 1.29 is 9.13 Å². The number of benzene rings is 1. The Hall–Kier alpha value is -1.29. The molecule has 14 heavy (non-hydrogen) atoms. The van der Waals surface area contributed by atoms with Crippen LogP contribution in [0.25, 0.3) is 0 Å². The van der Waals surface area contributed by atoms with Gasteiger partial charge in [0.2, 0.25) is 0 Å². The Bertz CT molecular complexity index is 324. The number of ether oxygens (including phenoxy) is 1. The van der Waals surface area contributed by atoms with Crippen molar-refractivity contribution in [2.24, 2.45) is 0 Å². The standard InChI is InChI=1S/C10H13FN2O/c11-8-2-1-3-9(10(8)12)13-4-6-14-7-5-13/h1-3H,4-7,12H2. The van der Waals surface area contributed by atoms with Gasteiger partial charge in [0.15, 0.2) is 0 Å². The normalized spacial score (nSPS) is 17.1. The summed E-state index contributed by atoms with van der Waals surface area (Å²) in [5.74, 6) is -0.353. The second-order valence-electron chi connectivity index (χ2n) is 3.27. The fraction of sp³-hybridized carbons (Fsp3) is 0.400. The number of hydrogen-bond acceptors (Lipinski definition) is 3. The zero-order chi connectivity index (χ0) is 9.97. The molecule has 1 aliphatic rings. The SMILES string of the molecule is Nc1c(F)cccc1N1CCOCC1. The Morgan fingerprint density at radius 2 is 2.00 bits per heavy atom. The van der Waals surface area contributed by atoms with Gasteiger partial charge in [0.25, 0.3) is 0 Å². The molecule has 4 heteroatoms. The minimum absolute atomic E-state index is 0.231. The molecule has 0 aromatic heterocycles. The first-order valence-corrected chi connectivity index (χ1v) is 4.66. The molecule has 0 radical (unpaired) electrons. The van der Waals surface area contributed by atoms with Gasteiger partial charge in [0, 0.05) is 13.1 Å². The Kier molecular flexibility index (Phi) is 2.54. The molecule has 0 atom stereocenters. The number of nitrogens with two attached hydrogens (primary N) is 1. The first-order chi connectivity index (χ1) is 6.79. The van der Waals surface area contributed by atoms with Crippen molar-refractivity contribution in [3.8, 4) is 0 Å². The molecule has 0 saturated carbocycles. The minimum atomic E-state index is -0.353. The lowest BCUT2D eigenvalue weighted by molar-refractivity contribution is 0.122. The van der Waals surface area contributed by atoms with Crippen LogP contribution in [0.3, 0.4) is 0 Å². The lowest BCUT2D eigenvalue weighted by Gasteiger charge is -2.29. The van der Waals surface area contributed by atoms with E-state index in [1.54, 1.807) is 6.07 Å². The number of nitrogen functional groups attached to an aromatic ring is 1. The monoisotopic (exact) mass is 196 g/mol. The van der Waals surface area contributed by atoms with Crippen LogP contribution >= 0.6 is 0 Å². The van der Waals surface area contributed by atoms with Gasteiger partial charge in [-0.05, 0) is 12.1 Å². The van der Waals surface area contributed by atoms with E-state index in [0.717, 1.165) is 18.8 Å². The van der Waals surface area contributed by atoms with Crippen LogP contribution in [0.15, 0.2) is 18.2 Å². The van der Waals surface area contributed by atoms with Gasteiger partial charge in [-0.3, -0.25) is 0 Å². The predicted molar refractivity (Wildman–Crippen MR) is 53.8 cm³/mol. The summed E-state index contributed by atoms with van der Waals surface area (Å²) in [6, 6.07) is 4.89. The van der Waals surface area contributed by atoms with Crippen molar-refractivity contribution in [1.29, 1.82) is 0 Å². The fourth-order valence-corrected chi connectivity index (χ4v) is 1.61. The van der Waals surface area contributed by atoms with Crippen molar-refractivity contribution in [1.82, 2.24) is 0 Å². The predicted octanol–water partition coefficient (Wildman–Crippen LogP) is 1.24. The Labute approximate surface area is 82.3 Å². The summed E-state index contributed by atoms with van der Waals surface area (Å²) in [4.78, 5) is 2.04. The van der Waals surface area contributed by atoms with E-state index in [1.807, 2.05) is 11.0 Å². The van der Waals surface area contributed by atoms with E-state index in [4.69, 9.17) is 10.5 Å². The molecule has 1 aliphatic heterocycles. The summed E-state index contributed by atoms with van der Waals surface area (Å²) < 4.78 is 18.4. The molecule has 1 fully saturated rings. The van der Waals surface area contributed by atoms with E-state index in [-0.39, 0.29) is 11.5 Å². The molecule has 2 rings (SSSR count). The maximum atomic E-state index is 13.2.